The highest BCUT2D eigenvalue weighted by Gasteiger charge is 2.32. The molecular formula is C18H18F3N3O3. The number of ketones is 1. The summed E-state index contributed by atoms with van der Waals surface area (Å²) in [5, 5.41) is 4.19. The molecule has 1 saturated heterocycles. The normalized spacial score (nSPS) is 15.1. The maximum atomic E-state index is 13.0. The summed E-state index contributed by atoms with van der Waals surface area (Å²) in [6.07, 6.45) is -4.49. The van der Waals surface area contributed by atoms with Crippen LogP contribution in [0.1, 0.15) is 27.3 Å². The van der Waals surface area contributed by atoms with Crippen molar-refractivity contribution in [2.24, 2.45) is 0 Å². The molecule has 1 amide bonds. The minimum Gasteiger partial charge on any atom is -0.378 e. The highest BCUT2D eigenvalue weighted by molar-refractivity contribution is 6.43. The zero-order valence-electron chi connectivity index (χ0n) is 14.8. The minimum absolute atomic E-state index is 0.115. The number of carbonyl (C=O) groups excluding carboxylic acids is 2. The molecule has 1 aliphatic rings. The fourth-order valence-corrected chi connectivity index (χ4v) is 3.05. The van der Waals surface area contributed by atoms with Crippen LogP contribution < -0.4 is 0 Å². The van der Waals surface area contributed by atoms with Gasteiger partial charge in [-0.05, 0) is 32.0 Å². The van der Waals surface area contributed by atoms with E-state index in [2.05, 4.69) is 5.10 Å². The Hall–Kier alpha value is -2.68. The van der Waals surface area contributed by atoms with Crippen LogP contribution in [-0.2, 0) is 15.7 Å². The van der Waals surface area contributed by atoms with Gasteiger partial charge < -0.3 is 9.64 Å². The molecular weight excluding hydrogens is 363 g/mol. The molecule has 144 valence electrons. The Kier molecular flexibility index (Phi) is 5.05. The average Bonchev–Trinajstić information content (AvgIpc) is 2.95. The van der Waals surface area contributed by atoms with Crippen molar-refractivity contribution in [1.29, 1.82) is 0 Å². The molecule has 9 heteroatoms. The number of hydrogen-bond donors (Lipinski definition) is 0. The number of aryl methyl sites for hydroxylation is 1. The largest absolute Gasteiger partial charge is 0.416 e. The van der Waals surface area contributed by atoms with Crippen LogP contribution in [0.4, 0.5) is 13.2 Å². The summed E-state index contributed by atoms with van der Waals surface area (Å²) in [6, 6.07) is 4.66. The summed E-state index contributed by atoms with van der Waals surface area (Å²) in [6.45, 7) is 4.48. The number of rotatable bonds is 3. The van der Waals surface area contributed by atoms with Gasteiger partial charge in [0.05, 0.1) is 41.4 Å². The molecule has 27 heavy (non-hydrogen) atoms. The summed E-state index contributed by atoms with van der Waals surface area (Å²) in [5.41, 5.74) is 0.0759. The van der Waals surface area contributed by atoms with E-state index >= 15 is 0 Å². The Bertz CT molecular complexity index is 884. The smallest absolute Gasteiger partial charge is 0.378 e. The van der Waals surface area contributed by atoms with Crippen molar-refractivity contribution in [3.05, 3.63) is 46.8 Å². The molecule has 1 aromatic heterocycles. The fourth-order valence-electron chi connectivity index (χ4n) is 3.05. The summed E-state index contributed by atoms with van der Waals surface area (Å²) in [4.78, 5) is 26.6. The molecule has 2 aromatic rings. The van der Waals surface area contributed by atoms with E-state index < -0.39 is 23.4 Å². The van der Waals surface area contributed by atoms with Gasteiger partial charge in [-0.1, -0.05) is 6.07 Å². The molecule has 0 radical (unpaired) electrons. The van der Waals surface area contributed by atoms with Gasteiger partial charge in [-0.15, -0.1) is 0 Å². The first-order chi connectivity index (χ1) is 12.7. The lowest BCUT2D eigenvalue weighted by atomic mass is 10.1. The molecule has 0 saturated carbocycles. The first-order valence-corrected chi connectivity index (χ1v) is 8.35. The maximum Gasteiger partial charge on any atom is 0.416 e. The van der Waals surface area contributed by atoms with Gasteiger partial charge in [0.15, 0.2) is 0 Å². The quantitative estimate of drug-likeness (QED) is 0.606. The lowest BCUT2D eigenvalue weighted by Crippen LogP contribution is -2.44. The Morgan fingerprint density at radius 1 is 1.15 bits per heavy atom. The zero-order chi connectivity index (χ0) is 19.8. The number of benzene rings is 1. The molecule has 0 bridgehead atoms. The predicted octanol–water partition coefficient (Wildman–Crippen LogP) is 2.55. The van der Waals surface area contributed by atoms with Gasteiger partial charge in [0.2, 0.25) is 0 Å². The second kappa shape index (κ2) is 7.15. The van der Waals surface area contributed by atoms with E-state index in [0.29, 0.717) is 32.0 Å². The Balaban J connectivity index is 1.95. The molecule has 6 nitrogen and oxygen atoms in total. The average molecular weight is 381 g/mol. The molecule has 0 atom stereocenters. The number of Topliss-reactive ketones (excluding diaryl/α,β-unsaturated/α-hetero) is 1. The van der Waals surface area contributed by atoms with Gasteiger partial charge in [-0.25, -0.2) is 4.68 Å². The number of alkyl halides is 3. The third kappa shape index (κ3) is 3.73. The van der Waals surface area contributed by atoms with Crippen molar-refractivity contribution in [2.45, 2.75) is 20.0 Å². The maximum absolute atomic E-state index is 13.0. The molecule has 1 aliphatic heterocycles. The van der Waals surface area contributed by atoms with Gasteiger partial charge in [0.1, 0.15) is 0 Å². The van der Waals surface area contributed by atoms with Gasteiger partial charge >= 0.3 is 6.18 Å². The molecule has 3 rings (SSSR count). The number of morpholine rings is 1. The molecule has 0 aliphatic carbocycles. The van der Waals surface area contributed by atoms with E-state index in [0.717, 1.165) is 12.1 Å². The number of carbonyl (C=O) groups is 2. The van der Waals surface area contributed by atoms with Crippen molar-refractivity contribution in [3.63, 3.8) is 0 Å². The molecule has 2 heterocycles. The summed E-state index contributed by atoms with van der Waals surface area (Å²) in [5.74, 6) is -1.38. The molecule has 1 fully saturated rings. The Labute approximate surface area is 153 Å². The van der Waals surface area contributed by atoms with E-state index in [-0.39, 0.29) is 16.9 Å². The lowest BCUT2D eigenvalue weighted by Gasteiger charge is -2.26. The van der Waals surface area contributed by atoms with Gasteiger partial charge in [0.25, 0.3) is 11.7 Å². The predicted molar refractivity (Wildman–Crippen MR) is 89.8 cm³/mol. The van der Waals surface area contributed by atoms with Crippen LogP contribution in [0.5, 0.6) is 0 Å². The van der Waals surface area contributed by atoms with E-state index in [4.69, 9.17) is 4.74 Å². The summed E-state index contributed by atoms with van der Waals surface area (Å²) >= 11 is 0. The van der Waals surface area contributed by atoms with Crippen LogP contribution in [0.3, 0.4) is 0 Å². The minimum atomic E-state index is -4.49. The van der Waals surface area contributed by atoms with Gasteiger partial charge in [0, 0.05) is 13.1 Å². The lowest BCUT2D eigenvalue weighted by molar-refractivity contribution is -0.137. The number of amides is 1. The standard InChI is InChI=1S/C18H18F3N3O3/c1-11-15(16(25)17(26)23-6-8-27-9-7-23)12(2)24(22-11)14-5-3-4-13(10-14)18(19,20)21/h3-5,10H,6-9H2,1-2H3. The Morgan fingerprint density at radius 2 is 1.81 bits per heavy atom. The SMILES string of the molecule is Cc1nn(-c2cccc(C(F)(F)F)c2)c(C)c1C(=O)C(=O)N1CCOCC1. The molecule has 0 N–H and O–H groups in total. The van der Waals surface area contributed by atoms with Crippen LogP contribution in [0.25, 0.3) is 5.69 Å². The van der Waals surface area contributed by atoms with E-state index in [1.54, 1.807) is 13.8 Å². The van der Waals surface area contributed by atoms with Gasteiger partial charge in [-0.3, -0.25) is 9.59 Å². The van der Waals surface area contributed by atoms with E-state index in [1.807, 2.05) is 0 Å². The van der Waals surface area contributed by atoms with Crippen molar-refractivity contribution in [2.75, 3.05) is 26.3 Å². The molecule has 0 spiro atoms. The zero-order valence-corrected chi connectivity index (χ0v) is 14.8. The second-order valence-electron chi connectivity index (χ2n) is 6.24. The van der Waals surface area contributed by atoms with Crippen LogP contribution >= 0.6 is 0 Å². The summed E-state index contributed by atoms with van der Waals surface area (Å²) < 4.78 is 45.3. The van der Waals surface area contributed by atoms with E-state index in [1.165, 1.54) is 21.7 Å². The van der Waals surface area contributed by atoms with Crippen LogP contribution in [0.15, 0.2) is 24.3 Å². The van der Waals surface area contributed by atoms with Crippen molar-refractivity contribution in [1.82, 2.24) is 14.7 Å². The number of halogens is 3. The van der Waals surface area contributed by atoms with E-state index in [9.17, 15) is 22.8 Å². The first kappa shape index (κ1) is 19.1. The number of aromatic nitrogens is 2. The van der Waals surface area contributed by atoms with Crippen molar-refractivity contribution >= 4 is 11.7 Å². The first-order valence-electron chi connectivity index (χ1n) is 8.35. The molecule has 1 aromatic carbocycles. The van der Waals surface area contributed by atoms with Crippen LogP contribution in [-0.4, -0.2) is 52.7 Å². The third-order valence-electron chi connectivity index (χ3n) is 4.43. The highest BCUT2D eigenvalue weighted by Crippen LogP contribution is 2.31. The van der Waals surface area contributed by atoms with Crippen molar-refractivity contribution < 1.29 is 27.5 Å². The number of nitrogens with zero attached hydrogens (tertiary/aromatic N) is 3. The summed E-state index contributed by atoms with van der Waals surface area (Å²) in [7, 11) is 0. The van der Waals surface area contributed by atoms with Gasteiger partial charge in [-0.2, -0.15) is 18.3 Å². The highest BCUT2D eigenvalue weighted by atomic mass is 19.4. The number of hydrogen-bond acceptors (Lipinski definition) is 4. The van der Waals surface area contributed by atoms with Crippen LogP contribution in [0, 0.1) is 13.8 Å². The number of ether oxygens (including phenoxy) is 1. The van der Waals surface area contributed by atoms with Crippen molar-refractivity contribution in [3.8, 4) is 5.69 Å². The fraction of sp³-hybridized carbons (Fsp3) is 0.389. The molecule has 0 unspecified atom stereocenters. The second-order valence-corrected chi connectivity index (χ2v) is 6.24. The third-order valence-corrected chi connectivity index (χ3v) is 4.43. The Morgan fingerprint density at radius 3 is 2.44 bits per heavy atom. The monoisotopic (exact) mass is 381 g/mol. The van der Waals surface area contributed by atoms with Crippen LogP contribution in [0.2, 0.25) is 0 Å². The topological polar surface area (TPSA) is 64.4 Å².